The van der Waals surface area contributed by atoms with E-state index in [9.17, 15) is 4.79 Å². The van der Waals surface area contributed by atoms with Crippen molar-refractivity contribution in [2.45, 2.75) is 11.8 Å². The minimum atomic E-state index is -0.198. The van der Waals surface area contributed by atoms with Gasteiger partial charge in [0.2, 0.25) is 0 Å². The summed E-state index contributed by atoms with van der Waals surface area (Å²) >= 11 is 7.21. The smallest absolute Gasteiger partial charge is 0.150 e. The third-order valence-electron chi connectivity index (χ3n) is 6.28. The summed E-state index contributed by atoms with van der Waals surface area (Å²) in [6.07, 6.45) is 0. The maximum absolute atomic E-state index is 14.3. The van der Waals surface area contributed by atoms with Crippen LogP contribution in [0.3, 0.4) is 0 Å². The van der Waals surface area contributed by atoms with Gasteiger partial charge in [-0.15, -0.1) is 0 Å². The quantitative estimate of drug-likeness (QED) is 0.477. The van der Waals surface area contributed by atoms with E-state index < -0.39 is 0 Å². The van der Waals surface area contributed by atoms with Gasteiger partial charge in [0.25, 0.3) is 0 Å². The number of hydrogen-bond acceptors (Lipinski definition) is 5. The third-order valence-corrected chi connectivity index (χ3v) is 7.26. The molecule has 2 saturated heterocycles. The van der Waals surface area contributed by atoms with Crippen molar-refractivity contribution in [1.82, 2.24) is 9.80 Å². The first-order chi connectivity index (χ1) is 15.6. The highest BCUT2D eigenvalue weighted by Gasteiger charge is 2.33. The zero-order chi connectivity index (χ0) is 22.3. The molecule has 0 saturated carbocycles. The molecule has 0 N–H and O–H groups in total. The van der Waals surface area contributed by atoms with Crippen LogP contribution in [0.4, 0.5) is 0 Å². The molecule has 2 atom stereocenters. The van der Waals surface area contributed by atoms with Crippen molar-refractivity contribution in [2.75, 3.05) is 65.7 Å². The third kappa shape index (κ3) is 6.49. The molecule has 2 aromatic carbocycles. The Balaban J connectivity index is 1.65. The van der Waals surface area contributed by atoms with Crippen LogP contribution in [0, 0.1) is 0 Å². The molecule has 7 heteroatoms. The van der Waals surface area contributed by atoms with Crippen molar-refractivity contribution >= 4 is 37.6 Å². The van der Waals surface area contributed by atoms with Gasteiger partial charge in [0.05, 0.1) is 38.3 Å². The topological polar surface area (TPSA) is 42.0 Å². The molecule has 2 heterocycles. The first kappa shape index (κ1) is 24.0. The normalized spacial score (nSPS) is 20.1. The largest absolute Gasteiger partial charge is 0.379 e. The number of nitrogens with zero attached hydrogens (tertiary/aromatic N) is 2. The minimum Gasteiger partial charge on any atom is -0.379 e. The van der Waals surface area contributed by atoms with Gasteiger partial charge < -0.3 is 9.47 Å². The van der Waals surface area contributed by atoms with Gasteiger partial charge in [0, 0.05) is 48.2 Å². The van der Waals surface area contributed by atoms with E-state index in [2.05, 4.69) is 65.9 Å². The van der Waals surface area contributed by atoms with E-state index in [1.165, 1.54) is 0 Å². The number of carbonyl (C=O) groups excluding carboxylic acids is 1. The highest BCUT2D eigenvalue weighted by atomic mass is 79.9. The maximum atomic E-state index is 14.3. The molecule has 32 heavy (non-hydrogen) atoms. The van der Waals surface area contributed by atoms with Crippen LogP contribution in [0.25, 0.3) is 0 Å². The lowest BCUT2D eigenvalue weighted by Crippen LogP contribution is -2.44. The van der Waals surface area contributed by atoms with Gasteiger partial charge in [-0.05, 0) is 35.4 Å². The predicted molar refractivity (Wildman–Crippen MR) is 133 cm³/mol. The van der Waals surface area contributed by atoms with Crippen molar-refractivity contribution < 1.29 is 14.3 Å². The van der Waals surface area contributed by atoms with E-state index in [0.29, 0.717) is 13.1 Å². The van der Waals surface area contributed by atoms with Crippen LogP contribution in [-0.4, -0.2) is 81.3 Å². The Morgan fingerprint density at radius 3 is 1.53 bits per heavy atom. The van der Waals surface area contributed by atoms with Gasteiger partial charge >= 0.3 is 0 Å². The Bertz CT molecular complexity index is 827. The molecule has 0 aromatic heterocycles. The Morgan fingerprint density at radius 2 is 1.16 bits per heavy atom. The zero-order valence-corrected chi connectivity index (χ0v) is 21.4. The second-order valence-electron chi connectivity index (χ2n) is 8.44. The predicted octanol–water partition coefficient (Wildman–Crippen LogP) is 4.31. The van der Waals surface area contributed by atoms with Gasteiger partial charge in [-0.1, -0.05) is 56.1 Å². The maximum Gasteiger partial charge on any atom is 0.150 e. The molecule has 4 rings (SSSR count). The lowest BCUT2D eigenvalue weighted by Gasteiger charge is -2.34. The van der Waals surface area contributed by atoms with Crippen LogP contribution in [-0.2, 0) is 14.3 Å². The fourth-order valence-corrected chi connectivity index (χ4v) is 5.33. The Labute approximate surface area is 207 Å². The van der Waals surface area contributed by atoms with Crippen molar-refractivity contribution in [3.05, 3.63) is 68.6 Å². The summed E-state index contributed by atoms with van der Waals surface area (Å²) in [4.78, 5) is 19.0. The summed E-state index contributed by atoms with van der Waals surface area (Å²) in [6.45, 7) is 7.78. The molecule has 2 aromatic rings. The summed E-state index contributed by atoms with van der Waals surface area (Å²) in [6, 6.07) is 16.4. The number of ether oxygens (including phenoxy) is 2. The number of carbonyl (C=O) groups is 1. The minimum absolute atomic E-state index is 0.198. The first-order valence-corrected chi connectivity index (χ1v) is 12.8. The van der Waals surface area contributed by atoms with Crippen LogP contribution < -0.4 is 0 Å². The number of rotatable bonds is 8. The number of Topliss-reactive ketones (excluding diaryl/α,β-unsaturated/α-hetero) is 1. The van der Waals surface area contributed by atoms with Gasteiger partial charge in [-0.3, -0.25) is 14.6 Å². The van der Waals surface area contributed by atoms with Crippen molar-refractivity contribution in [3.8, 4) is 0 Å². The van der Waals surface area contributed by atoms with Gasteiger partial charge in [-0.25, -0.2) is 0 Å². The van der Waals surface area contributed by atoms with E-state index >= 15 is 0 Å². The zero-order valence-electron chi connectivity index (χ0n) is 18.2. The van der Waals surface area contributed by atoms with Crippen molar-refractivity contribution in [3.63, 3.8) is 0 Å². The highest BCUT2D eigenvalue weighted by molar-refractivity contribution is 9.10. The molecule has 2 unspecified atom stereocenters. The summed E-state index contributed by atoms with van der Waals surface area (Å²) in [5.74, 6) is -0.120. The number of benzene rings is 2. The van der Waals surface area contributed by atoms with Gasteiger partial charge in [-0.2, -0.15) is 0 Å². The number of halogens is 2. The second-order valence-corrected chi connectivity index (χ2v) is 10.3. The molecule has 0 radical (unpaired) electrons. The van der Waals surface area contributed by atoms with E-state index in [1.807, 2.05) is 24.3 Å². The molecule has 2 aliphatic heterocycles. The van der Waals surface area contributed by atoms with E-state index in [-0.39, 0.29) is 17.6 Å². The molecule has 0 aliphatic carbocycles. The molecule has 0 spiro atoms. The fourth-order valence-electron chi connectivity index (χ4n) is 4.49. The van der Waals surface area contributed by atoms with Crippen LogP contribution in [0.5, 0.6) is 0 Å². The van der Waals surface area contributed by atoms with E-state index in [4.69, 9.17) is 9.47 Å². The van der Waals surface area contributed by atoms with Crippen LogP contribution in [0.2, 0.25) is 0 Å². The summed E-state index contributed by atoms with van der Waals surface area (Å²) in [5, 5.41) is 0. The molecule has 0 bridgehead atoms. The Hall–Kier alpha value is -1.09. The molecule has 172 valence electrons. The number of hydrogen-bond donors (Lipinski definition) is 0. The number of ketones is 1. The van der Waals surface area contributed by atoms with E-state index in [0.717, 1.165) is 72.7 Å². The lowest BCUT2D eigenvalue weighted by atomic mass is 9.82. The lowest BCUT2D eigenvalue weighted by molar-refractivity contribution is -0.123. The average Bonchev–Trinajstić information content (AvgIpc) is 2.82. The fraction of sp³-hybridized carbons (Fsp3) is 0.480. The monoisotopic (exact) mass is 564 g/mol. The Morgan fingerprint density at radius 1 is 0.750 bits per heavy atom. The second kappa shape index (κ2) is 11.9. The standard InChI is InChI=1S/C25H30Br2N2O3/c26-21-5-1-3-19(15-21)23(17-28-7-11-31-12-8-28)25(30)24(18-29-9-13-32-14-10-29)20-4-2-6-22(27)16-20/h1-6,15-16,23-24H,7-14,17-18H2. The molecule has 0 amide bonds. The molecule has 2 fully saturated rings. The summed E-state index contributed by atoms with van der Waals surface area (Å²) in [7, 11) is 0. The molecule has 5 nitrogen and oxygen atoms in total. The Kier molecular flexibility index (Phi) is 8.91. The van der Waals surface area contributed by atoms with E-state index in [1.54, 1.807) is 0 Å². The SMILES string of the molecule is O=C(C(CN1CCOCC1)c1cccc(Br)c1)C(CN1CCOCC1)c1cccc(Br)c1. The van der Waals surface area contributed by atoms with Gasteiger partial charge in [0.15, 0.2) is 0 Å². The summed E-state index contributed by atoms with van der Waals surface area (Å²) < 4.78 is 13.1. The van der Waals surface area contributed by atoms with Crippen LogP contribution in [0.1, 0.15) is 23.0 Å². The molecular weight excluding hydrogens is 536 g/mol. The van der Waals surface area contributed by atoms with Crippen LogP contribution in [0.15, 0.2) is 57.5 Å². The average molecular weight is 566 g/mol. The van der Waals surface area contributed by atoms with Gasteiger partial charge in [0.1, 0.15) is 5.78 Å². The number of morpholine rings is 2. The van der Waals surface area contributed by atoms with Crippen molar-refractivity contribution in [2.24, 2.45) is 0 Å². The molecule has 2 aliphatic rings. The van der Waals surface area contributed by atoms with Crippen molar-refractivity contribution in [1.29, 1.82) is 0 Å². The molecular formula is C25H30Br2N2O3. The summed E-state index contributed by atoms with van der Waals surface area (Å²) in [5.41, 5.74) is 2.13. The van der Waals surface area contributed by atoms with Crippen LogP contribution >= 0.6 is 31.9 Å². The first-order valence-electron chi connectivity index (χ1n) is 11.2. The highest BCUT2D eigenvalue weighted by Crippen LogP contribution is 2.31.